The molecule has 0 saturated carbocycles. The summed E-state index contributed by atoms with van der Waals surface area (Å²) in [5, 5.41) is 8.68. The van der Waals surface area contributed by atoms with Crippen molar-refractivity contribution in [3.63, 3.8) is 0 Å². The van der Waals surface area contributed by atoms with E-state index in [0.29, 0.717) is 16.6 Å². The zero-order valence-electron chi connectivity index (χ0n) is 7.80. The van der Waals surface area contributed by atoms with Gasteiger partial charge in [0, 0.05) is 0 Å². The van der Waals surface area contributed by atoms with Gasteiger partial charge in [-0.05, 0) is 24.6 Å². The highest BCUT2D eigenvalue weighted by molar-refractivity contribution is 6.42. The Bertz CT molecular complexity index is 326. The van der Waals surface area contributed by atoms with Crippen LogP contribution in [0.4, 0.5) is 5.69 Å². The summed E-state index contributed by atoms with van der Waals surface area (Å²) in [5.41, 5.74) is 3.54. The summed E-state index contributed by atoms with van der Waals surface area (Å²) in [6.45, 7) is 2.76. The molecule has 3 nitrogen and oxygen atoms in total. The standard InChI is InChI=1S/C9H11Cl2N3/c1-2-5-12-14-13-7-3-4-8(10)9(11)6-7/h3-4,6H,2,5H2,1H3,(H,12,13). The first kappa shape index (κ1) is 11.3. The minimum atomic E-state index is 0.502. The molecule has 0 aliphatic carbocycles. The summed E-state index contributed by atoms with van der Waals surface area (Å²) in [6.07, 6.45) is 0.979. The molecule has 1 aromatic rings. The second-order valence-electron chi connectivity index (χ2n) is 2.71. The second kappa shape index (κ2) is 5.83. The zero-order valence-corrected chi connectivity index (χ0v) is 9.31. The van der Waals surface area contributed by atoms with Crippen LogP contribution in [0.15, 0.2) is 28.5 Å². The fraction of sp³-hybridized carbons (Fsp3) is 0.333. The van der Waals surface area contributed by atoms with Crippen molar-refractivity contribution >= 4 is 28.9 Å². The van der Waals surface area contributed by atoms with Crippen LogP contribution in [0, 0.1) is 0 Å². The molecule has 0 heterocycles. The lowest BCUT2D eigenvalue weighted by Gasteiger charge is -2.00. The lowest BCUT2D eigenvalue weighted by Crippen LogP contribution is -1.87. The summed E-state index contributed by atoms with van der Waals surface area (Å²) in [7, 11) is 0. The van der Waals surface area contributed by atoms with Gasteiger partial charge in [0.15, 0.2) is 0 Å². The van der Waals surface area contributed by atoms with Crippen molar-refractivity contribution in [1.82, 2.24) is 0 Å². The predicted octanol–water partition coefficient (Wildman–Crippen LogP) is 4.18. The van der Waals surface area contributed by atoms with E-state index in [0.717, 1.165) is 12.1 Å². The van der Waals surface area contributed by atoms with Gasteiger partial charge in [-0.15, -0.1) is 0 Å². The monoisotopic (exact) mass is 231 g/mol. The molecular weight excluding hydrogens is 221 g/mol. The van der Waals surface area contributed by atoms with E-state index in [9.17, 15) is 0 Å². The lowest BCUT2D eigenvalue weighted by molar-refractivity contribution is 0.858. The topological polar surface area (TPSA) is 36.8 Å². The first-order valence-corrected chi connectivity index (χ1v) is 5.07. The number of anilines is 1. The van der Waals surface area contributed by atoms with Gasteiger partial charge < -0.3 is 0 Å². The number of hydrogen-bond donors (Lipinski definition) is 1. The Morgan fingerprint density at radius 3 is 2.71 bits per heavy atom. The molecule has 0 aliphatic heterocycles. The SMILES string of the molecule is CCCN=NNc1ccc(Cl)c(Cl)c1. The Kier molecular flexibility index (Phi) is 4.70. The highest BCUT2D eigenvalue weighted by Crippen LogP contribution is 2.24. The molecular formula is C9H11Cl2N3. The molecule has 0 bridgehead atoms. The number of hydrogen-bond acceptors (Lipinski definition) is 2. The number of halogens is 2. The van der Waals surface area contributed by atoms with Crippen molar-refractivity contribution in [3.05, 3.63) is 28.2 Å². The van der Waals surface area contributed by atoms with Crippen LogP contribution >= 0.6 is 23.2 Å². The van der Waals surface area contributed by atoms with Crippen LogP contribution in [0.25, 0.3) is 0 Å². The summed E-state index contributed by atoms with van der Waals surface area (Å²) >= 11 is 11.6. The van der Waals surface area contributed by atoms with Crippen molar-refractivity contribution in [2.75, 3.05) is 12.0 Å². The van der Waals surface area contributed by atoms with Gasteiger partial charge in [0.2, 0.25) is 0 Å². The Labute approximate surface area is 93.1 Å². The van der Waals surface area contributed by atoms with Crippen LogP contribution in [-0.2, 0) is 0 Å². The van der Waals surface area contributed by atoms with Gasteiger partial charge in [-0.3, -0.25) is 5.43 Å². The Hall–Kier alpha value is -0.800. The normalized spacial score (nSPS) is 10.8. The smallest absolute Gasteiger partial charge is 0.0617 e. The third-order valence-electron chi connectivity index (χ3n) is 1.49. The fourth-order valence-electron chi connectivity index (χ4n) is 0.809. The minimum absolute atomic E-state index is 0.502. The molecule has 14 heavy (non-hydrogen) atoms. The molecule has 76 valence electrons. The molecule has 1 rings (SSSR count). The molecule has 0 aromatic heterocycles. The van der Waals surface area contributed by atoms with E-state index in [1.807, 2.05) is 6.92 Å². The van der Waals surface area contributed by atoms with Crippen molar-refractivity contribution in [1.29, 1.82) is 0 Å². The van der Waals surface area contributed by atoms with Gasteiger partial charge in [0.25, 0.3) is 0 Å². The van der Waals surface area contributed by atoms with E-state index in [-0.39, 0.29) is 0 Å². The molecule has 0 spiro atoms. The van der Waals surface area contributed by atoms with Gasteiger partial charge in [-0.1, -0.05) is 35.3 Å². The van der Waals surface area contributed by atoms with E-state index >= 15 is 0 Å². The molecule has 1 aromatic carbocycles. The summed E-state index contributed by atoms with van der Waals surface area (Å²) in [4.78, 5) is 0. The Balaban J connectivity index is 2.55. The molecule has 0 unspecified atom stereocenters. The molecule has 5 heteroatoms. The van der Waals surface area contributed by atoms with Crippen molar-refractivity contribution in [2.24, 2.45) is 10.3 Å². The summed E-state index contributed by atoms with van der Waals surface area (Å²) in [6, 6.07) is 5.20. The number of benzene rings is 1. The Morgan fingerprint density at radius 2 is 2.07 bits per heavy atom. The van der Waals surface area contributed by atoms with Gasteiger partial charge >= 0.3 is 0 Å². The minimum Gasteiger partial charge on any atom is -0.260 e. The van der Waals surface area contributed by atoms with Gasteiger partial charge in [0.1, 0.15) is 0 Å². The predicted molar refractivity (Wildman–Crippen MR) is 60.1 cm³/mol. The highest BCUT2D eigenvalue weighted by atomic mass is 35.5. The summed E-state index contributed by atoms with van der Waals surface area (Å²) < 4.78 is 0. The number of nitrogens with one attached hydrogen (secondary N) is 1. The molecule has 0 radical (unpaired) electrons. The van der Waals surface area contributed by atoms with Crippen molar-refractivity contribution < 1.29 is 0 Å². The lowest BCUT2D eigenvalue weighted by atomic mass is 10.3. The van der Waals surface area contributed by atoms with E-state index in [1.54, 1.807) is 18.2 Å². The third kappa shape index (κ3) is 3.52. The first-order valence-electron chi connectivity index (χ1n) is 4.31. The quantitative estimate of drug-likeness (QED) is 0.613. The van der Waals surface area contributed by atoms with Gasteiger partial charge in [-0.2, -0.15) is 5.11 Å². The molecule has 0 aliphatic rings. The molecule has 0 saturated heterocycles. The fourth-order valence-corrected chi connectivity index (χ4v) is 1.11. The van der Waals surface area contributed by atoms with E-state index in [1.165, 1.54) is 0 Å². The van der Waals surface area contributed by atoms with E-state index < -0.39 is 0 Å². The van der Waals surface area contributed by atoms with Crippen LogP contribution in [0.5, 0.6) is 0 Å². The van der Waals surface area contributed by atoms with Crippen LogP contribution in [-0.4, -0.2) is 6.54 Å². The average molecular weight is 232 g/mol. The second-order valence-corrected chi connectivity index (χ2v) is 3.52. The van der Waals surface area contributed by atoms with Crippen LogP contribution < -0.4 is 5.43 Å². The maximum atomic E-state index is 5.81. The largest absolute Gasteiger partial charge is 0.260 e. The zero-order chi connectivity index (χ0) is 10.4. The summed E-state index contributed by atoms with van der Waals surface area (Å²) in [5.74, 6) is 0. The Morgan fingerprint density at radius 1 is 1.29 bits per heavy atom. The molecule has 1 N–H and O–H groups in total. The molecule has 0 atom stereocenters. The van der Waals surface area contributed by atoms with Crippen LogP contribution in [0.3, 0.4) is 0 Å². The van der Waals surface area contributed by atoms with Crippen molar-refractivity contribution in [2.45, 2.75) is 13.3 Å². The number of rotatable bonds is 4. The van der Waals surface area contributed by atoms with E-state index in [2.05, 4.69) is 15.8 Å². The van der Waals surface area contributed by atoms with Crippen LogP contribution in [0.1, 0.15) is 13.3 Å². The van der Waals surface area contributed by atoms with Crippen molar-refractivity contribution in [3.8, 4) is 0 Å². The maximum Gasteiger partial charge on any atom is 0.0617 e. The van der Waals surface area contributed by atoms with Crippen LogP contribution in [0.2, 0.25) is 10.0 Å². The molecule has 0 fully saturated rings. The van der Waals surface area contributed by atoms with Gasteiger partial charge in [0.05, 0.1) is 22.3 Å². The number of nitrogens with zero attached hydrogens (tertiary/aromatic N) is 2. The average Bonchev–Trinajstić information content (AvgIpc) is 2.18. The first-order chi connectivity index (χ1) is 6.74. The van der Waals surface area contributed by atoms with Gasteiger partial charge in [-0.25, -0.2) is 0 Å². The maximum absolute atomic E-state index is 5.81. The third-order valence-corrected chi connectivity index (χ3v) is 2.23. The molecule has 0 amide bonds. The van der Waals surface area contributed by atoms with E-state index in [4.69, 9.17) is 23.2 Å². The highest BCUT2D eigenvalue weighted by Gasteiger charge is 1.97.